The molecule has 1 saturated heterocycles. The van der Waals surface area contributed by atoms with Crippen LogP contribution in [0.5, 0.6) is 5.75 Å². The molecule has 0 radical (unpaired) electrons. The predicted octanol–water partition coefficient (Wildman–Crippen LogP) is 1.31. The second kappa shape index (κ2) is 24.3. The molecule has 2 unspecified atom stereocenters. The number of primary amides is 1. The summed E-state index contributed by atoms with van der Waals surface area (Å²) in [6.07, 6.45) is 1.98. The first kappa shape index (κ1) is 53.3. The van der Waals surface area contributed by atoms with Crippen LogP contribution in [0.4, 0.5) is 0 Å². The molecule has 1 fully saturated rings. The van der Waals surface area contributed by atoms with E-state index in [4.69, 9.17) is 10.5 Å². The lowest BCUT2D eigenvalue weighted by molar-refractivity contribution is -0.158. The third-order valence-electron chi connectivity index (χ3n) is 12.0. The van der Waals surface area contributed by atoms with Gasteiger partial charge in [-0.2, -0.15) is 0 Å². The highest BCUT2D eigenvalue weighted by molar-refractivity contribution is 5.99. The van der Waals surface area contributed by atoms with Crippen LogP contribution in [0, 0.1) is 23.7 Å². The van der Waals surface area contributed by atoms with Gasteiger partial charge in [0, 0.05) is 32.0 Å². The number of cyclic esters (lactones) is 1. The molecule has 19 heteroatoms. The number of benzene rings is 1. The van der Waals surface area contributed by atoms with Crippen molar-refractivity contribution in [2.75, 3.05) is 7.05 Å². The Morgan fingerprint density at radius 1 is 0.862 bits per heavy atom. The quantitative estimate of drug-likeness (QED) is 0.123. The lowest BCUT2D eigenvalue weighted by Crippen LogP contribution is -2.62. The van der Waals surface area contributed by atoms with Crippen molar-refractivity contribution in [3.8, 4) is 5.75 Å². The summed E-state index contributed by atoms with van der Waals surface area (Å²) in [5, 5.41) is 23.3. The number of ether oxygens (including phenoxy) is 1. The van der Waals surface area contributed by atoms with Crippen molar-refractivity contribution in [1.82, 2.24) is 36.4 Å². The van der Waals surface area contributed by atoms with E-state index in [2.05, 4.69) is 26.6 Å². The molecule has 1 aromatic rings. The summed E-state index contributed by atoms with van der Waals surface area (Å²) in [6.45, 7) is 15.3. The minimum atomic E-state index is -1.71. The Hall–Kier alpha value is -6.01. The average Bonchev–Trinajstić information content (AvgIpc) is 3.25. The fourth-order valence-corrected chi connectivity index (χ4v) is 7.52. The molecule has 10 atom stereocenters. The van der Waals surface area contributed by atoms with Crippen LogP contribution in [0.25, 0.3) is 0 Å². The van der Waals surface area contributed by atoms with Crippen LogP contribution in [-0.2, 0) is 54.3 Å². The van der Waals surface area contributed by atoms with Crippen LogP contribution in [0.3, 0.4) is 0 Å². The van der Waals surface area contributed by atoms with Crippen LogP contribution in [-0.4, -0.2) is 124 Å². The van der Waals surface area contributed by atoms with Gasteiger partial charge in [0.15, 0.2) is 0 Å². The van der Waals surface area contributed by atoms with Crippen molar-refractivity contribution < 1.29 is 53.0 Å². The smallest absolute Gasteiger partial charge is 0.329 e. The first-order valence-electron chi connectivity index (χ1n) is 22.5. The van der Waals surface area contributed by atoms with E-state index in [0.29, 0.717) is 18.4 Å². The van der Waals surface area contributed by atoms with Gasteiger partial charge in [-0.25, -0.2) is 4.79 Å². The highest BCUT2D eigenvalue weighted by Gasteiger charge is 2.44. The number of phenolic OH excluding ortho intramolecular Hbond substituents is 1. The van der Waals surface area contributed by atoms with E-state index >= 15 is 0 Å². The Balaban J connectivity index is 2.25. The number of nitrogens with two attached hydrogens (primary N) is 1. The number of amides is 8. The average molecular weight is 911 g/mol. The zero-order valence-corrected chi connectivity index (χ0v) is 39.3. The Morgan fingerprint density at radius 3 is 2.06 bits per heavy atom. The van der Waals surface area contributed by atoms with Crippen LogP contribution in [0.2, 0.25) is 0 Å². The number of rotatable bonds is 15. The minimum Gasteiger partial charge on any atom is -0.508 e. The molecule has 0 spiro atoms. The Bertz CT molecular complexity index is 1920. The van der Waals surface area contributed by atoms with E-state index in [1.165, 1.54) is 42.1 Å². The van der Waals surface area contributed by atoms with Crippen LogP contribution in [0.1, 0.15) is 106 Å². The minimum absolute atomic E-state index is 0.0223. The molecule has 2 bridgehead atoms. The second-order valence-electron chi connectivity index (χ2n) is 18.0. The Labute approximate surface area is 381 Å². The fraction of sp³-hybridized carbons (Fsp3) is 0.630. The molecule has 2 aliphatic heterocycles. The summed E-state index contributed by atoms with van der Waals surface area (Å²) in [5.41, 5.74) is 5.94. The number of esters is 1. The van der Waals surface area contributed by atoms with Crippen molar-refractivity contribution in [1.29, 1.82) is 0 Å². The molecule has 65 heavy (non-hydrogen) atoms. The zero-order chi connectivity index (χ0) is 48.9. The van der Waals surface area contributed by atoms with Gasteiger partial charge in [-0.15, -0.1) is 0 Å². The molecule has 8 N–H and O–H groups in total. The van der Waals surface area contributed by atoms with Crippen molar-refractivity contribution in [3.63, 3.8) is 0 Å². The molecule has 8 amide bonds. The normalized spacial score (nSPS) is 25.3. The molecule has 2 aliphatic rings. The maximum atomic E-state index is 14.8. The monoisotopic (exact) mass is 911 g/mol. The Morgan fingerprint density at radius 2 is 1.49 bits per heavy atom. The standard InChI is InChI=1S/C46H70N8O11/c1-11-26(7)36-46(64)65-28(9)37(52-40(58)31(19-20-35(47)56)48-39(57)25(5)6)43(61)50-33(22-24(3)4)41(59)49-32-14-13-21-54(44(32)62)38(27(8)12-2)45(63)53(10)34(42(60)51-36)23-29-15-17-30(55)18-16-29/h13,15-18,21,24-28,31-34,36-38,55H,11-12,14,19-20,22-23H2,1-10H3,(H2,47,56)(H,48,57)(H,49,59)(H,50,61)(H,51,60)(H,52,58)/t26?,27?,28-,31+,32+,33+,34+,36+,37+,38+/m1/s1. The molecule has 19 nitrogen and oxygen atoms in total. The van der Waals surface area contributed by atoms with E-state index in [1.807, 2.05) is 20.8 Å². The number of fused-ring (bicyclic) bond motifs is 2. The zero-order valence-electron chi connectivity index (χ0n) is 39.3. The summed E-state index contributed by atoms with van der Waals surface area (Å²) in [6, 6.07) is -3.23. The molecule has 0 aliphatic carbocycles. The maximum absolute atomic E-state index is 14.8. The van der Waals surface area contributed by atoms with E-state index < -0.39 is 119 Å². The van der Waals surface area contributed by atoms with Gasteiger partial charge in [0.05, 0.1) is 0 Å². The molecule has 0 aromatic heterocycles. The lowest BCUT2D eigenvalue weighted by atomic mass is 9.93. The number of hydrogen-bond donors (Lipinski definition) is 7. The van der Waals surface area contributed by atoms with Gasteiger partial charge < -0.3 is 52.0 Å². The first-order chi connectivity index (χ1) is 30.5. The largest absolute Gasteiger partial charge is 0.508 e. The summed E-state index contributed by atoms with van der Waals surface area (Å²) in [4.78, 5) is 128. The van der Waals surface area contributed by atoms with E-state index in [9.17, 15) is 48.3 Å². The molecule has 3 rings (SSSR count). The maximum Gasteiger partial charge on any atom is 0.329 e. The highest BCUT2D eigenvalue weighted by Crippen LogP contribution is 2.25. The van der Waals surface area contributed by atoms with Gasteiger partial charge >= 0.3 is 5.97 Å². The Kier molecular flexibility index (Phi) is 20.0. The predicted molar refractivity (Wildman–Crippen MR) is 240 cm³/mol. The number of likely N-dealkylation sites (N-methyl/N-ethyl adjacent to an activating group) is 1. The lowest BCUT2D eigenvalue weighted by Gasteiger charge is -2.40. The van der Waals surface area contributed by atoms with E-state index in [1.54, 1.807) is 52.8 Å². The third-order valence-corrected chi connectivity index (χ3v) is 12.0. The number of carbonyl (C=O) groups excluding carboxylic acids is 9. The number of phenols is 1. The number of nitrogens with zero attached hydrogens (tertiary/aromatic N) is 2. The fourth-order valence-electron chi connectivity index (χ4n) is 7.52. The molecule has 2 heterocycles. The SMILES string of the molecule is CCC(C)[C@@H]1NC(=O)[C@H](Cc2ccc(O)cc2)N(C)C(=O)[C@H](C(C)CC)N2C=CC[C@H](NC(=O)[C@H](CC(C)C)NC(=O)[C@@H](NC(=O)[C@H](CCC(N)=O)NC(=O)C(C)C)[C@@H](C)OC1=O)C2=O. The molecular weight excluding hydrogens is 841 g/mol. The summed E-state index contributed by atoms with van der Waals surface area (Å²) in [5.74, 6) is -8.59. The molecule has 0 saturated carbocycles. The topological polar surface area (TPSA) is 276 Å². The van der Waals surface area contributed by atoms with Gasteiger partial charge in [0.25, 0.3) is 0 Å². The van der Waals surface area contributed by atoms with Crippen LogP contribution in [0.15, 0.2) is 36.5 Å². The van der Waals surface area contributed by atoms with Gasteiger partial charge in [-0.3, -0.25) is 38.4 Å². The molecule has 360 valence electrons. The van der Waals surface area contributed by atoms with Crippen LogP contribution < -0.4 is 32.3 Å². The van der Waals surface area contributed by atoms with Crippen molar-refractivity contribution >= 4 is 53.2 Å². The van der Waals surface area contributed by atoms with Gasteiger partial charge in [-0.1, -0.05) is 86.4 Å². The van der Waals surface area contributed by atoms with E-state index in [0.717, 1.165) is 0 Å². The van der Waals surface area contributed by atoms with Crippen molar-refractivity contribution in [3.05, 3.63) is 42.1 Å². The second-order valence-corrected chi connectivity index (χ2v) is 18.0. The van der Waals surface area contributed by atoms with Crippen molar-refractivity contribution in [2.24, 2.45) is 29.4 Å². The molecule has 1 aromatic carbocycles. The molecular formula is C46H70N8O11. The summed E-state index contributed by atoms with van der Waals surface area (Å²) in [7, 11) is 1.43. The van der Waals surface area contributed by atoms with Gasteiger partial charge in [0.1, 0.15) is 54.1 Å². The van der Waals surface area contributed by atoms with E-state index in [-0.39, 0.29) is 43.8 Å². The number of nitrogens with one attached hydrogen (secondary N) is 5. The summed E-state index contributed by atoms with van der Waals surface area (Å²) < 4.78 is 5.91. The van der Waals surface area contributed by atoms with Gasteiger partial charge in [0.2, 0.25) is 47.3 Å². The summed E-state index contributed by atoms with van der Waals surface area (Å²) >= 11 is 0. The van der Waals surface area contributed by atoms with Crippen LogP contribution >= 0.6 is 0 Å². The number of hydrogen-bond acceptors (Lipinski definition) is 11. The first-order valence-corrected chi connectivity index (χ1v) is 22.5. The number of aromatic hydroxyl groups is 1. The highest BCUT2D eigenvalue weighted by atomic mass is 16.5. The number of carbonyl (C=O) groups is 9. The van der Waals surface area contributed by atoms with Crippen molar-refractivity contribution in [2.45, 2.75) is 156 Å². The third kappa shape index (κ3) is 14.8. The van der Waals surface area contributed by atoms with Gasteiger partial charge in [-0.05, 0) is 61.6 Å².